The molecular formula is C21H23N3O2S. The summed E-state index contributed by atoms with van der Waals surface area (Å²) in [6.07, 6.45) is 6.70. The van der Waals surface area contributed by atoms with Gasteiger partial charge in [0.2, 0.25) is 0 Å². The third-order valence-electron chi connectivity index (χ3n) is 6.03. The van der Waals surface area contributed by atoms with E-state index in [1.165, 1.54) is 24.2 Å². The highest BCUT2D eigenvalue weighted by atomic mass is 32.1. The molecule has 1 aromatic carbocycles. The second-order valence-corrected chi connectivity index (χ2v) is 9.00. The van der Waals surface area contributed by atoms with Crippen molar-refractivity contribution in [1.29, 1.82) is 0 Å². The van der Waals surface area contributed by atoms with Gasteiger partial charge in [0.05, 0.1) is 11.2 Å². The standard InChI is InChI=1S/C21H23N3O2S/c1-13-9-19-20(27-13)21(25)24(12-22-19)14-5-7-17(8-6-14)26-18-10-15-3-4-16(11-18)23(15)2/h5-9,12,15-16,18H,3-4,10-11H2,1-2H3/t15-,16+,18?. The van der Waals surface area contributed by atoms with Crippen molar-refractivity contribution < 1.29 is 4.74 Å². The zero-order valence-electron chi connectivity index (χ0n) is 15.6. The van der Waals surface area contributed by atoms with Crippen molar-refractivity contribution in [3.63, 3.8) is 0 Å². The molecule has 3 aromatic rings. The quantitative estimate of drug-likeness (QED) is 0.693. The lowest BCUT2D eigenvalue weighted by atomic mass is 10.0. The van der Waals surface area contributed by atoms with E-state index >= 15 is 0 Å². The van der Waals surface area contributed by atoms with E-state index in [1.807, 2.05) is 37.3 Å². The Morgan fingerprint density at radius 2 is 1.85 bits per heavy atom. The van der Waals surface area contributed by atoms with E-state index in [1.54, 1.807) is 10.9 Å². The summed E-state index contributed by atoms with van der Waals surface area (Å²) in [6.45, 7) is 2.00. The topological polar surface area (TPSA) is 47.4 Å². The van der Waals surface area contributed by atoms with E-state index in [-0.39, 0.29) is 5.56 Å². The summed E-state index contributed by atoms with van der Waals surface area (Å²) in [7, 11) is 2.24. The number of ether oxygens (including phenoxy) is 1. The molecule has 0 amide bonds. The van der Waals surface area contributed by atoms with Gasteiger partial charge in [-0.1, -0.05) is 0 Å². The van der Waals surface area contributed by atoms with Crippen molar-refractivity contribution in [2.24, 2.45) is 0 Å². The van der Waals surface area contributed by atoms with Crippen LogP contribution in [0, 0.1) is 6.92 Å². The molecule has 4 heterocycles. The Balaban J connectivity index is 1.36. The van der Waals surface area contributed by atoms with Crippen LogP contribution in [0.25, 0.3) is 15.9 Å². The van der Waals surface area contributed by atoms with Crippen LogP contribution in [0.5, 0.6) is 5.75 Å². The first kappa shape index (κ1) is 17.0. The molecule has 27 heavy (non-hydrogen) atoms. The van der Waals surface area contributed by atoms with Gasteiger partial charge in [-0.05, 0) is 70.0 Å². The van der Waals surface area contributed by atoms with Gasteiger partial charge in [0.15, 0.2) is 0 Å². The minimum Gasteiger partial charge on any atom is -0.490 e. The molecule has 3 atom stereocenters. The fourth-order valence-electron chi connectivity index (χ4n) is 4.55. The molecule has 2 aliphatic heterocycles. The molecular weight excluding hydrogens is 358 g/mol. The molecule has 0 radical (unpaired) electrons. The number of aryl methyl sites for hydroxylation is 1. The van der Waals surface area contributed by atoms with Gasteiger partial charge in [0, 0.05) is 17.0 Å². The van der Waals surface area contributed by atoms with Gasteiger partial charge in [0.25, 0.3) is 5.56 Å². The fraction of sp³-hybridized carbons (Fsp3) is 0.429. The van der Waals surface area contributed by atoms with Crippen molar-refractivity contribution in [2.45, 2.75) is 50.8 Å². The molecule has 2 bridgehead atoms. The lowest BCUT2D eigenvalue weighted by Gasteiger charge is -2.36. The first-order valence-corrected chi connectivity index (χ1v) is 10.4. The predicted molar refractivity (Wildman–Crippen MR) is 108 cm³/mol. The molecule has 5 rings (SSSR count). The van der Waals surface area contributed by atoms with E-state index in [0.717, 1.165) is 34.7 Å². The van der Waals surface area contributed by atoms with Gasteiger partial charge in [-0.25, -0.2) is 4.98 Å². The second kappa shape index (κ2) is 6.46. The van der Waals surface area contributed by atoms with Crippen LogP contribution in [-0.2, 0) is 0 Å². The first-order chi connectivity index (χ1) is 13.1. The van der Waals surface area contributed by atoms with Crippen molar-refractivity contribution in [1.82, 2.24) is 14.5 Å². The Kier molecular flexibility index (Phi) is 4.06. The van der Waals surface area contributed by atoms with Crippen LogP contribution in [0.15, 0.2) is 41.5 Å². The lowest BCUT2D eigenvalue weighted by Crippen LogP contribution is -2.43. The molecule has 2 saturated heterocycles. The monoisotopic (exact) mass is 381 g/mol. The summed E-state index contributed by atoms with van der Waals surface area (Å²) in [5, 5.41) is 0. The van der Waals surface area contributed by atoms with E-state index in [0.29, 0.717) is 22.9 Å². The van der Waals surface area contributed by atoms with Crippen molar-refractivity contribution >= 4 is 21.6 Å². The minimum absolute atomic E-state index is 0.0151. The van der Waals surface area contributed by atoms with Crippen LogP contribution >= 0.6 is 11.3 Å². The fourth-order valence-corrected chi connectivity index (χ4v) is 5.45. The van der Waals surface area contributed by atoms with Gasteiger partial charge < -0.3 is 9.64 Å². The van der Waals surface area contributed by atoms with E-state index in [9.17, 15) is 4.79 Å². The third kappa shape index (κ3) is 2.97. The number of hydrogen-bond acceptors (Lipinski definition) is 5. The summed E-state index contributed by atoms with van der Waals surface area (Å²) in [4.78, 5) is 20.8. The number of piperidine rings is 1. The normalized spacial score (nSPS) is 25.2. The third-order valence-corrected chi connectivity index (χ3v) is 7.06. The Hall–Kier alpha value is -2.18. The van der Waals surface area contributed by atoms with Crippen LogP contribution in [0.1, 0.15) is 30.6 Å². The minimum atomic E-state index is -0.0151. The van der Waals surface area contributed by atoms with Gasteiger partial charge in [-0.15, -0.1) is 11.3 Å². The second-order valence-electron chi connectivity index (χ2n) is 7.75. The number of benzene rings is 1. The summed E-state index contributed by atoms with van der Waals surface area (Å²) in [5.74, 6) is 0.877. The molecule has 0 aliphatic carbocycles. The van der Waals surface area contributed by atoms with Gasteiger partial charge in [-0.2, -0.15) is 0 Å². The first-order valence-electron chi connectivity index (χ1n) is 9.55. The largest absolute Gasteiger partial charge is 0.490 e. The molecule has 2 aliphatic rings. The van der Waals surface area contributed by atoms with Crippen molar-refractivity contribution in [2.75, 3.05) is 7.05 Å². The predicted octanol–water partition coefficient (Wildman–Crippen LogP) is 3.76. The highest BCUT2D eigenvalue weighted by Crippen LogP contribution is 2.36. The summed E-state index contributed by atoms with van der Waals surface area (Å²) in [6, 6.07) is 11.1. The molecule has 5 nitrogen and oxygen atoms in total. The number of thiophene rings is 1. The van der Waals surface area contributed by atoms with Crippen molar-refractivity contribution in [3.05, 3.63) is 51.9 Å². The molecule has 6 heteroatoms. The van der Waals surface area contributed by atoms with Crippen LogP contribution in [0.2, 0.25) is 0 Å². The van der Waals surface area contributed by atoms with Gasteiger partial charge in [0.1, 0.15) is 22.9 Å². The van der Waals surface area contributed by atoms with Gasteiger partial charge >= 0.3 is 0 Å². The maximum absolute atomic E-state index is 12.8. The molecule has 1 unspecified atom stereocenters. The lowest BCUT2D eigenvalue weighted by molar-refractivity contribution is 0.0662. The molecule has 0 N–H and O–H groups in total. The van der Waals surface area contributed by atoms with E-state index in [2.05, 4.69) is 16.9 Å². The number of rotatable bonds is 3. The van der Waals surface area contributed by atoms with Gasteiger partial charge in [-0.3, -0.25) is 9.36 Å². The number of fused-ring (bicyclic) bond motifs is 3. The van der Waals surface area contributed by atoms with Crippen LogP contribution in [0.4, 0.5) is 0 Å². The molecule has 2 aromatic heterocycles. The van der Waals surface area contributed by atoms with E-state index < -0.39 is 0 Å². The zero-order valence-corrected chi connectivity index (χ0v) is 16.4. The Morgan fingerprint density at radius 3 is 2.56 bits per heavy atom. The smallest absolute Gasteiger partial charge is 0.275 e. The molecule has 140 valence electrons. The average molecular weight is 382 g/mol. The van der Waals surface area contributed by atoms with E-state index in [4.69, 9.17) is 4.74 Å². The average Bonchev–Trinajstić information content (AvgIpc) is 3.12. The zero-order chi connectivity index (χ0) is 18.5. The molecule has 2 fully saturated rings. The highest BCUT2D eigenvalue weighted by molar-refractivity contribution is 7.18. The molecule has 0 saturated carbocycles. The number of aromatic nitrogens is 2. The Bertz CT molecular complexity index is 1030. The maximum Gasteiger partial charge on any atom is 0.275 e. The SMILES string of the molecule is Cc1cc2ncn(-c3ccc(OC4C[C@H]5CC[C@@H](C4)N5C)cc3)c(=O)c2s1. The van der Waals surface area contributed by atoms with Crippen LogP contribution < -0.4 is 10.3 Å². The Morgan fingerprint density at radius 1 is 1.15 bits per heavy atom. The Labute approximate surface area is 162 Å². The van der Waals surface area contributed by atoms with Crippen molar-refractivity contribution in [3.8, 4) is 11.4 Å². The molecule has 0 spiro atoms. The maximum atomic E-state index is 12.8. The van der Waals surface area contributed by atoms with Crippen LogP contribution in [0.3, 0.4) is 0 Å². The number of hydrogen-bond donors (Lipinski definition) is 0. The number of nitrogens with zero attached hydrogens (tertiary/aromatic N) is 3. The summed E-state index contributed by atoms with van der Waals surface area (Å²) in [5.41, 5.74) is 1.57. The van der Waals surface area contributed by atoms with Crippen LogP contribution in [-0.4, -0.2) is 39.7 Å². The summed E-state index contributed by atoms with van der Waals surface area (Å²) >= 11 is 1.50. The highest BCUT2D eigenvalue weighted by Gasteiger charge is 2.39. The summed E-state index contributed by atoms with van der Waals surface area (Å²) < 4.78 is 8.57.